The quantitative estimate of drug-likeness (QED) is 0.558. The maximum atomic E-state index is 13.0. The number of halogens is 1. The Morgan fingerprint density at radius 1 is 1.18 bits per heavy atom. The van der Waals surface area contributed by atoms with Crippen LogP contribution >= 0.6 is 11.6 Å². The molecule has 0 aliphatic carbocycles. The highest BCUT2D eigenvalue weighted by atomic mass is 35.5. The molecule has 2 heterocycles. The summed E-state index contributed by atoms with van der Waals surface area (Å²) in [5.41, 5.74) is 2.76. The van der Waals surface area contributed by atoms with Gasteiger partial charge in [-0.25, -0.2) is 9.97 Å². The Morgan fingerprint density at radius 2 is 1.96 bits per heavy atom. The van der Waals surface area contributed by atoms with Gasteiger partial charge in [0.1, 0.15) is 12.7 Å². The number of rotatable bonds is 5. The summed E-state index contributed by atoms with van der Waals surface area (Å²) < 4.78 is 1.69. The number of hydrogen-bond acceptors (Lipinski definition) is 4. The van der Waals surface area contributed by atoms with Crippen LogP contribution in [0.2, 0.25) is 5.02 Å². The predicted molar refractivity (Wildman–Crippen MR) is 109 cm³/mol. The van der Waals surface area contributed by atoms with E-state index in [0.29, 0.717) is 22.8 Å². The molecule has 0 radical (unpaired) electrons. The van der Waals surface area contributed by atoms with Crippen LogP contribution in [0.4, 0.5) is 0 Å². The van der Waals surface area contributed by atoms with Crippen molar-refractivity contribution in [3.05, 3.63) is 77.8 Å². The van der Waals surface area contributed by atoms with Gasteiger partial charge in [-0.15, -0.1) is 0 Å². The Balaban J connectivity index is 1.71. The molecule has 0 aliphatic rings. The molecule has 0 aliphatic heterocycles. The molecule has 0 saturated carbocycles. The standard InChI is InChI=1S/C21H18ClN5O/c1-14(11-27-13-23-12-24-27)25-21(28)17-10-20(16-7-2-4-8-18(16)22)26-19-9-5-3-6-15(17)19/h2-10,12-14H,11H2,1H3,(H,25,28). The summed E-state index contributed by atoms with van der Waals surface area (Å²) in [6, 6.07) is 16.7. The SMILES string of the molecule is CC(Cn1cncn1)NC(=O)c1cc(-c2ccccc2Cl)nc2ccccc12. The summed E-state index contributed by atoms with van der Waals surface area (Å²) in [5.74, 6) is -0.167. The zero-order valence-electron chi connectivity index (χ0n) is 15.2. The van der Waals surface area contributed by atoms with E-state index in [0.717, 1.165) is 16.5 Å². The molecule has 4 rings (SSSR count). The lowest BCUT2D eigenvalue weighted by atomic mass is 10.0. The third kappa shape index (κ3) is 3.73. The van der Waals surface area contributed by atoms with Crippen LogP contribution in [-0.4, -0.2) is 31.7 Å². The first-order valence-electron chi connectivity index (χ1n) is 8.90. The van der Waals surface area contributed by atoms with Crippen LogP contribution in [0.1, 0.15) is 17.3 Å². The van der Waals surface area contributed by atoms with E-state index in [1.807, 2.05) is 55.5 Å². The van der Waals surface area contributed by atoms with Gasteiger partial charge < -0.3 is 5.32 Å². The molecule has 0 saturated heterocycles. The van der Waals surface area contributed by atoms with Crippen LogP contribution in [0.25, 0.3) is 22.2 Å². The summed E-state index contributed by atoms with van der Waals surface area (Å²) in [5, 5.41) is 8.50. The molecule has 0 bridgehead atoms. The number of para-hydroxylation sites is 1. The van der Waals surface area contributed by atoms with Gasteiger partial charge in [-0.2, -0.15) is 5.10 Å². The Labute approximate surface area is 167 Å². The second-order valence-electron chi connectivity index (χ2n) is 6.54. The minimum absolute atomic E-state index is 0.120. The zero-order chi connectivity index (χ0) is 19.5. The number of nitrogens with one attached hydrogen (secondary N) is 1. The molecule has 1 amide bonds. The second kappa shape index (κ2) is 7.78. The van der Waals surface area contributed by atoms with Gasteiger partial charge in [-0.3, -0.25) is 9.48 Å². The maximum Gasteiger partial charge on any atom is 0.252 e. The van der Waals surface area contributed by atoms with Crippen LogP contribution < -0.4 is 5.32 Å². The molecular formula is C21H18ClN5O. The van der Waals surface area contributed by atoms with Crippen LogP contribution in [0.15, 0.2) is 67.3 Å². The predicted octanol–water partition coefficient (Wildman–Crippen LogP) is 3.97. The van der Waals surface area contributed by atoms with Gasteiger partial charge in [-0.05, 0) is 25.1 Å². The summed E-state index contributed by atoms with van der Waals surface area (Å²) in [6.07, 6.45) is 3.10. The monoisotopic (exact) mass is 391 g/mol. The largest absolute Gasteiger partial charge is 0.348 e. The first kappa shape index (κ1) is 18.1. The fourth-order valence-corrected chi connectivity index (χ4v) is 3.36. The maximum absolute atomic E-state index is 13.0. The summed E-state index contributed by atoms with van der Waals surface area (Å²) in [7, 11) is 0. The average molecular weight is 392 g/mol. The van der Waals surface area contributed by atoms with E-state index in [4.69, 9.17) is 16.6 Å². The van der Waals surface area contributed by atoms with E-state index in [1.54, 1.807) is 17.1 Å². The highest BCUT2D eigenvalue weighted by molar-refractivity contribution is 6.33. The average Bonchev–Trinajstić information content (AvgIpc) is 3.20. The van der Waals surface area contributed by atoms with E-state index in [9.17, 15) is 4.79 Å². The fraction of sp³-hybridized carbons (Fsp3) is 0.143. The smallest absolute Gasteiger partial charge is 0.252 e. The van der Waals surface area contributed by atoms with E-state index in [-0.39, 0.29) is 11.9 Å². The lowest BCUT2D eigenvalue weighted by molar-refractivity contribution is 0.0937. The van der Waals surface area contributed by atoms with Crippen LogP contribution in [0.5, 0.6) is 0 Å². The number of pyridine rings is 1. The highest BCUT2D eigenvalue weighted by Gasteiger charge is 2.17. The number of carbonyl (C=O) groups is 1. The molecule has 1 unspecified atom stereocenters. The first-order valence-corrected chi connectivity index (χ1v) is 9.27. The van der Waals surface area contributed by atoms with Crippen LogP contribution in [0.3, 0.4) is 0 Å². The van der Waals surface area contributed by atoms with Gasteiger partial charge in [0, 0.05) is 22.0 Å². The number of nitrogens with zero attached hydrogens (tertiary/aromatic N) is 4. The normalized spacial score (nSPS) is 12.1. The number of fused-ring (bicyclic) bond motifs is 1. The number of carbonyl (C=O) groups excluding carboxylic acids is 1. The molecule has 2 aromatic carbocycles. The Kier molecular flexibility index (Phi) is 5.04. The van der Waals surface area contributed by atoms with Crippen molar-refractivity contribution in [3.63, 3.8) is 0 Å². The molecule has 6 nitrogen and oxygen atoms in total. The van der Waals surface area contributed by atoms with E-state index >= 15 is 0 Å². The van der Waals surface area contributed by atoms with Gasteiger partial charge in [0.05, 0.1) is 23.3 Å². The van der Waals surface area contributed by atoms with Gasteiger partial charge >= 0.3 is 0 Å². The fourth-order valence-electron chi connectivity index (χ4n) is 3.12. The van der Waals surface area contributed by atoms with Gasteiger partial charge in [0.2, 0.25) is 0 Å². The molecule has 2 aromatic heterocycles. The molecule has 140 valence electrons. The van der Waals surface area contributed by atoms with Crippen molar-refractivity contribution in [1.82, 2.24) is 25.1 Å². The Morgan fingerprint density at radius 3 is 2.75 bits per heavy atom. The minimum Gasteiger partial charge on any atom is -0.348 e. The zero-order valence-corrected chi connectivity index (χ0v) is 16.0. The summed E-state index contributed by atoms with van der Waals surface area (Å²) in [4.78, 5) is 21.7. The summed E-state index contributed by atoms with van der Waals surface area (Å²) >= 11 is 6.35. The summed E-state index contributed by atoms with van der Waals surface area (Å²) in [6.45, 7) is 2.46. The third-order valence-electron chi connectivity index (χ3n) is 4.42. The molecule has 28 heavy (non-hydrogen) atoms. The highest BCUT2D eigenvalue weighted by Crippen LogP contribution is 2.29. The number of hydrogen-bond donors (Lipinski definition) is 1. The van der Waals surface area contributed by atoms with Crippen molar-refractivity contribution in [2.75, 3.05) is 0 Å². The molecule has 0 fully saturated rings. The number of aromatic nitrogens is 4. The molecule has 0 spiro atoms. The van der Waals surface area contributed by atoms with Crippen molar-refractivity contribution in [2.45, 2.75) is 19.5 Å². The Hall–Kier alpha value is -3.25. The van der Waals surface area contributed by atoms with Crippen LogP contribution in [0, 0.1) is 0 Å². The van der Waals surface area contributed by atoms with Crippen molar-refractivity contribution in [3.8, 4) is 11.3 Å². The number of amides is 1. The lowest BCUT2D eigenvalue weighted by Crippen LogP contribution is -2.36. The van der Waals surface area contributed by atoms with E-state index in [2.05, 4.69) is 15.4 Å². The number of benzene rings is 2. The van der Waals surface area contributed by atoms with Crippen molar-refractivity contribution in [1.29, 1.82) is 0 Å². The van der Waals surface area contributed by atoms with Gasteiger partial charge in [-0.1, -0.05) is 48.0 Å². The topological polar surface area (TPSA) is 72.7 Å². The first-order chi connectivity index (χ1) is 13.6. The molecule has 1 N–H and O–H groups in total. The lowest BCUT2D eigenvalue weighted by Gasteiger charge is -2.15. The third-order valence-corrected chi connectivity index (χ3v) is 4.75. The second-order valence-corrected chi connectivity index (χ2v) is 6.95. The molecular weight excluding hydrogens is 374 g/mol. The van der Waals surface area contributed by atoms with E-state index in [1.165, 1.54) is 6.33 Å². The van der Waals surface area contributed by atoms with Crippen molar-refractivity contribution >= 4 is 28.4 Å². The van der Waals surface area contributed by atoms with Gasteiger partial charge in [0.25, 0.3) is 5.91 Å². The molecule has 1 atom stereocenters. The molecule has 7 heteroatoms. The van der Waals surface area contributed by atoms with Crippen molar-refractivity contribution in [2.24, 2.45) is 0 Å². The minimum atomic E-state index is -0.167. The van der Waals surface area contributed by atoms with Gasteiger partial charge in [0.15, 0.2) is 0 Å². The van der Waals surface area contributed by atoms with Crippen LogP contribution in [-0.2, 0) is 6.54 Å². The Bertz CT molecular complexity index is 1130. The van der Waals surface area contributed by atoms with E-state index < -0.39 is 0 Å². The van der Waals surface area contributed by atoms with Crippen molar-refractivity contribution < 1.29 is 4.79 Å². The molecule has 4 aromatic rings.